The number of carboxylic acids is 1. The van der Waals surface area contributed by atoms with Crippen LogP contribution in [0.4, 0.5) is 10.1 Å². The predicted octanol–water partition coefficient (Wildman–Crippen LogP) is 4.37. The predicted molar refractivity (Wildman–Crippen MR) is 111 cm³/mol. The van der Waals surface area contributed by atoms with E-state index in [1.165, 1.54) is 18.3 Å². The zero-order valence-corrected chi connectivity index (χ0v) is 16.7. The fraction of sp³-hybridized carbons (Fsp3) is 0.158. The second-order valence-electron chi connectivity index (χ2n) is 6.82. The molecule has 154 valence electrons. The molecule has 0 spiro atoms. The van der Waals surface area contributed by atoms with E-state index in [9.17, 15) is 24.8 Å². The fourth-order valence-electron chi connectivity index (χ4n) is 3.41. The summed E-state index contributed by atoms with van der Waals surface area (Å²) in [5.74, 6) is -2.31. The molecule has 30 heavy (non-hydrogen) atoms. The molecule has 0 radical (unpaired) electrons. The van der Waals surface area contributed by atoms with Crippen molar-refractivity contribution in [2.24, 2.45) is 5.14 Å². The van der Waals surface area contributed by atoms with Crippen LogP contribution >= 0.6 is 23.5 Å². The van der Waals surface area contributed by atoms with Crippen molar-refractivity contribution in [3.8, 4) is 11.1 Å². The Hall–Kier alpha value is -2.95. The third kappa shape index (κ3) is 3.22. The summed E-state index contributed by atoms with van der Waals surface area (Å²) in [6.07, 6.45) is 2.73. The summed E-state index contributed by atoms with van der Waals surface area (Å²) in [6.45, 7) is 0. The average molecular weight is 450 g/mol. The van der Waals surface area contributed by atoms with E-state index in [4.69, 9.17) is 16.7 Å². The van der Waals surface area contributed by atoms with Gasteiger partial charge in [0.15, 0.2) is 0 Å². The Morgan fingerprint density at radius 3 is 2.63 bits per heavy atom. The van der Waals surface area contributed by atoms with Crippen molar-refractivity contribution >= 4 is 46.1 Å². The van der Waals surface area contributed by atoms with E-state index in [-0.39, 0.29) is 43.7 Å². The van der Waals surface area contributed by atoms with E-state index in [1.807, 2.05) is 0 Å². The zero-order valence-electron chi connectivity index (χ0n) is 15.1. The summed E-state index contributed by atoms with van der Waals surface area (Å²) in [5, 5.41) is 25.9. The van der Waals surface area contributed by atoms with Gasteiger partial charge in [0, 0.05) is 23.9 Å². The highest BCUT2D eigenvalue weighted by molar-refractivity contribution is 7.97. The number of rotatable bonds is 5. The molecule has 1 aromatic heterocycles. The average Bonchev–Trinajstić information content (AvgIpc) is 3.53. The maximum atomic E-state index is 15.1. The highest BCUT2D eigenvalue weighted by atomic mass is 35.5. The number of aromatic carboxylic acids is 1. The van der Waals surface area contributed by atoms with E-state index < -0.39 is 27.7 Å². The number of nitro benzene ring substituents is 1. The monoisotopic (exact) mass is 449 g/mol. The third-order valence-corrected chi connectivity index (χ3v) is 5.92. The first-order chi connectivity index (χ1) is 14.2. The molecule has 8 nitrogen and oxygen atoms in total. The minimum atomic E-state index is -1.41. The van der Waals surface area contributed by atoms with Crippen molar-refractivity contribution in [1.82, 2.24) is 4.57 Å². The van der Waals surface area contributed by atoms with Gasteiger partial charge in [0.25, 0.3) is 5.69 Å². The summed E-state index contributed by atoms with van der Waals surface area (Å²) >= 11 is 7.21. The summed E-state index contributed by atoms with van der Waals surface area (Å²) in [7, 11) is 0. The number of benzene rings is 2. The van der Waals surface area contributed by atoms with Gasteiger partial charge in [-0.15, -0.1) is 0 Å². The fourth-order valence-corrected chi connectivity index (χ4v) is 4.21. The van der Waals surface area contributed by atoms with E-state index in [0.717, 1.165) is 25.0 Å². The Bertz CT molecular complexity index is 1310. The molecule has 1 saturated carbocycles. The van der Waals surface area contributed by atoms with E-state index in [0.29, 0.717) is 11.9 Å². The molecule has 0 aliphatic heterocycles. The quantitative estimate of drug-likeness (QED) is 0.336. The molecule has 4 rings (SSSR count). The van der Waals surface area contributed by atoms with Crippen molar-refractivity contribution in [3.05, 3.63) is 67.2 Å². The van der Waals surface area contributed by atoms with Crippen molar-refractivity contribution in [2.75, 3.05) is 0 Å². The molecule has 0 bridgehead atoms. The van der Waals surface area contributed by atoms with Crippen LogP contribution in [0, 0.1) is 15.9 Å². The number of nitrogens with zero attached hydrogens (tertiary/aromatic N) is 2. The Morgan fingerprint density at radius 2 is 2.07 bits per heavy atom. The molecule has 0 saturated heterocycles. The molecule has 0 amide bonds. The number of carboxylic acid groups (broad SMARTS) is 1. The summed E-state index contributed by atoms with van der Waals surface area (Å²) < 4.78 is 16.6. The van der Waals surface area contributed by atoms with E-state index in [1.54, 1.807) is 4.57 Å². The maximum Gasteiger partial charge on any atom is 0.341 e. The molecule has 0 atom stereocenters. The Balaban J connectivity index is 2.06. The SMILES string of the molecule is NSc1ccc(-c2c(F)cc3c(=O)c(C(=O)O)cn(C4CC4)c3c2Cl)cc1[N+](=O)[O-]. The van der Waals surface area contributed by atoms with Gasteiger partial charge in [-0.2, -0.15) is 0 Å². The van der Waals surface area contributed by atoms with Crippen LogP contribution in [0.5, 0.6) is 0 Å². The van der Waals surface area contributed by atoms with Crippen LogP contribution in [0.2, 0.25) is 5.02 Å². The standard InChI is InChI=1S/C19H13ClFN3O5S/c20-16-15(8-1-4-14(30-22)13(5-8)24(28)29)12(21)6-10-17(16)23(9-2-3-9)7-11(18(10)25)19(26)27/h1,4-7,9H,2-3,22H2,(H,26,27). The molecule has 3 N–H and O–H groups in total. The largest absolute Gasteiger partial charge is 0.477 e. The molecular weight excluding hydrogens is 437 g/mol. The Labute approximate surface area is 177 Å². The highest BCUT2D eigenvalue weighted by Crippen LogP contribution is 2.43. The van der Waals surface area contributed by atoms with Crippen molar-refractivity contribution in [3.63, 3.8) is 0 Å². The minimum Gasteiger partial charge on any atom is -0.477 e. The first-order valence-corrected chi connectivity index (χ1v) is 9.96. The summed E-state index contributed by atoms with van der Waals surface area (Å²) in [6, 6.07) is 4.87. The number of aromatic nitrogens is 1. The van der Waals surface area contributed by atoms with Gasteiger partial charge < -0.3 is 9.67 Å². The number of fused-ring (bicyclic) bond motifs is 1. The molecule has 1 aliphatic rings. The Morgan fingerprint density at radius 1 is 1.37 bits per heavy atom. The van der Waals surface area contributed by atoms with Gasteiger partial charge >= 0.3 is 5.97 Å². The van der Waals surface area contributed by atoms with Gasteiger partial charge in [-0.3, -0.25) is 20.0 Å². The maximum absolute atomic E-state index is 15.1. The van der Waals surface area contributed by atoms with E-state index in [2.05, 4.69) is 0 Å². The van der Waals surface area contributed by atoms with Crippen molar-refractivity contribution in [2.45, 2.75) is 23.8 Å². The lowest BCUT2D eigenvalue weighted by Crippen LogP contribution is -2.19. The lowest BCUT2D eigenvalue weighted by Gasteiger charge is -2.16. The smallest absolute Gasteiger partial charge is 0.341 e. The number of pyridine rings is 1. The Kier molecular flexibility index (Phi) is 5.00. The molecule has 0 unspecified atom stereocenters. The molecule has 1 heterocycles. The molecule has 3 aromatic rings. The van der Waals surface area contributed by atoms with Crippen molar-refractivity contribution in [1.29, 1.82) is 0 Å². The van der Waals surface area contributed by atoms with Gasteiger partial charge in [0.05, 0.1) is 20.8 Å². The number of nitrogens with two attached hydrogens (primary N) is 1. The first-order valence-electron chi connectivity index (χ1n) is 8.70. The van der Waals surface area contributed by atoms with Crippen LogP contribution in [-0.2, 0) is 0 Å². The van der Waals surface area contributed by atoms with Crippen LogP contribution in [-0.4, -0.2) is 20.6 Å². The van der Waals surface area contributed by atoms with Gasteiger partial charge in [-0.1, -0.05) is 17.7 Å². The van der Waals surface area contributed by atoms with Gasteiger partial charge in [0.1, 0.15) is 16.3 Å². The van der Waals surface area contributed by atoms with Crippen LogP contribution < -0.4 is 10.6 Å². The summed E-state index contributed by atoms with van der Waals surface area (Å²) in [5.41, 5.74) is -1.40. The first kappa shape index (κ1) is 20.3. The molecular formula is C19H13ClFN3O5S. The number of hydrogen-bond acceptors (Lipinski definition) is 6. The molecule has 2 aromatic carbocycles. The van der Waals surface area contributed by atoms with Crippen LogP contribution in [0.3, 0.4) is 0 Å². The highest BCUT2D eigenvalue weighted by Gasteiger charge is 2.30. The molecule has 1 fully saturated rings. The summed E-state index contributed by atoms with van der Waals surface area (Å²) in [4.78, 5) is 35.0. The van der Waals surface area contributed by atoms with Gasteiger partial charge in [-0.05, 0) is 42.5 Å². The van der Waals surface area contributed by atoms with E-state index >= 15 is 4.39 Å². The van der Waals surface area contributed by atoms with Crippen molar-refractivity contribution < 1.29 is 19.2 Å². The lowest BCUT2D eigenvalue weighted by molar-refractivity contribution is -0.387. The number of carbonyl (C=O) groups is 1. The van der Waals surface area contributed by atoms with Crippen LogP contribution in [0.25, 0.3) is 22.0 Å². The topological polar surface area (TPSA) is 128 Å². The third-order valence-electron chi connectivity index (χ3n) is 4.95. The molecule has 1 aliphatic carbocycles. The number of hydrogen-bond donors (Lipinski definition) is 2. The van der Waals surface area contributed by atoms with Crippen LogP contribution in [0.15, 0.2) is 40.2 Å². The lowest BCUT2D eigenvalue weighted by atomic mass is 10.0. The number of nitro groups is 1. The van der Waals surface area contributed by atoms with Gasteiger partial charge in [-0.25, -0.2) is 9.18 Å². The second-order valence-corrected chi connectivity index (χ2v) is 7.87. The van der Waals surface area contributed by atoms with Gasteiger partial charge in [0.2, 0.25) is 5.43 Å². The normalized spacial score (nSPS) is 13.6. The minimum absolute atomic E-state index is 0.0626. The molecule has 11 heteroatoms. The van der Waals surface area contributed by atoms with Crippen LogP contribution in [0.1, 0.15) is 29.2 Å². The second kappa shape index (κ2) is 7.38. The number of halogens is 2. The zero-order chi connectivity index (χ0) is 21.7.